The number of ether oxygens (including phenoxy) is 1. The maximum absolute atomic E-state index is 12.7. The van der Waals surface area contributed by atoms with Crippen molar-refractivity contribution in [2.45, 2.75) is 6.18 Å². The van der Waals surface area contributed by atoms with Crippen LogP contribution in [0.1, 0.15) is 15.9 Å². The van der Waals surface area contributed by atoms with Crippen molar-refractivity contribution in [1.29, 1.82) is 0 Å². The highest BCUT2D eigenvalue weighted by molar-refractivity contribution is 6.31. The van der Waals surface area contributed by atoms with Crippen molar-refractivity contribution in [3.8, 4) is 11.5 Å². The summed E-state index contributed by atoms with van der Waals surface area (Å²) in [6.07, 6.45) is -4.62. The lowest BCUT2D eigenvalue weighted by molar-refractivity contribution is -0.385. The molecule has 0 unspecified atom stereocenters. The number of nitrogens with zero attached hydrogens (tertiary/aromatic N) is 1. The van der Waals surface area contributed by atoms with Gasteiger partial charge in [0.2, 0.25) is 0 Å². The highest BCUT2D eigenvalue weighted by Gasteiger charge is 2.33. The molecular formula is C17H11Cl2F3N2O4. The number of halogens is 5. The van der Waals surface area contributed by atoms with Gasteiger partial charge in [-0.2, -0.15) is 13.2 Å². The zero-order valence-corrected chi connectivity index (χ0v) is 15.4. The van der Waals surface area contributed by atoms with E-state index in [1.807, 2.05) is 0 Å². The zero-order chi connectivity index (χ0) is 21.1. The molecule has 6 nitrogen and oxygen atoms in total. The third kappa shape index (κ3) is 5.37. The predicted octanol–water partition coefficient (Wildman–Crippen LogP) is 5.54. The molecule has 28 heavy (non-hydrogen) atoms. The minimum absolute atomic E-state index is 0.0173. The van der Waals surface area contributed by atoms with Crippen LogP contribution in [0.25, 0.3) is 0 Å². The third-order valence-corrected chi connectivity index (χ3v) is 3.78. The van der Waals surface area contributed by atoms with Crippen LogP contribution < -0.4 is 10.1 Å². The number of benzene rings is 2. The normalized spacial score (nSPS) is 11.0. The van der Waals surface area contributed by atoms with Gasteiger partial charge in [0.25, 0.3) is 11.6 Å². The minimum atomic E-state index is -4.62. The Kier molecular flexibility index (Phi) is 6.52. The number of amides is 1. The zero-order valence-electron chi connectivity index (χ0n) is 13.8. The van der Waals surface area contributed by atoms with Crippen molar-refractivity contribution >= 4 is 34.8 Å². The van der Waals surface area contributed by atoms with Gasteiger partial charge in [-0.3, -0.25) is 14.9 Å². The summed E-state index contributed by atoms with van der Waals surface area (Å²) in [4.78, 5) is 22.5. The van der Waals surface area contributed by atoms with E-state index < -0.39 is 33.3 Å². The maximum Gasteiger partial charge on any atom is 0.417 e. The Labute approximate surface area is 166 Å². The van der Waals surface area contributed by atoms with Crippen molar-refractivity contribution < 1.29 is 27.6 Å². The van der Waals surface area contributed by atoms with Gasteiger partial charge in [-0.1, -0.05) is 29.8 Å². The molecule has 1 amide bonds. The van der Waals surface area contributed by atoms with Gasteiger partial charge in [-0.25, -0.2) is 0 Å². The molecule has 0 aliphatic heterocycles. The van der Waals surface area contributed by atoms with Crippen LogP contribution in [-0.4, -0.2) is 17.4 Å². The van der Waals surface area contributed by atoms with Gasteiger partial charge in [0.05, 0.1) is 22.1 Å². The fourth-order valence-electron chi connectivity index (χ4n) is 2.12. The molecule has 2 aromatic carbocycles. The Hall–Kier alpha value is -2.78. The number of hydrogen-bond donors (Lipinski definition) is 1. The number of carbonyl (C=O) groups excluding carboxylic acids is 1. The number of hydrogen-bond acceptors (Lipinski definition) is 4. The van der Waals surface area contributed by atoms with Gasteiger partial charge in [-0.15, -0.1) is 0 Å². The molecule has 0 saturated carbocycles. The molecule has 0 spiro atoms. The number of carbonyl (C=O) groups is 1. The number of alkyl halides is 3. The van der Waals surface area contributed by atoms with E-state index in [1.165, 1.54) is 6.07 Å². The van der Waals surface area contributed by atoms with Crippen LogP contribution in [0.3, 0.4) is 0 Å². The third-order valence-electron chi connectivity index (χ3n) is 3.33. The maximum atomic E-state index is 12.7. The molecule has 2 aromatic rings. The Morgan fingerprint density at radius 2 is 1.82 bits per heavy atom. The van der Waals surface area contributed by atoms with Gasteiger partial charge in [-0.05, 0) is 18.2 Å². The fraction of sp³-hybridized carbons (Fsp3) is 0.118. The van der Waals surface area contributed by atoms with E-state index in [-0.39, 0.29) is 28.6 Å². The fourth-order valence-corrected chi connectivity index (χ4v) is 2.46. The predicted molar refractivity (Wildman–Crippen MR) is 97.0 cm³/mol. The summed E-state index contributed by atoms with van der Waals surface area (Å²) in [7, 11) is 0. The molecule has 0 aliphatic rings. The average Bonchev–Trinajstić information content (AvgIpc) is 2.58. The Balaban J connectivity index is 2.33. The van der Waals surface area contributed by atoms with Crippen LogP contribution in [0, 0.1) is 10.1 Å². The molecule has 2 rings (SSSR count). The van der Waals surface area contributed by atoms with E-state index in [4.69, 9.17) is 27.9 Å². The number of rotatable bonds is 6. The largest absolute Gasteiger partial charge is 0.457 e. The van der Waals surface area contributed by atoms with E-state index >= 15 is 0 Å². The van der Waals surface area contributed by atoms with E-state index in [0.717, 1.165) is 30.3 Å². The molecule has 0 atom stereocenters. The molecule has 0 fully saturated rings. The lowest BCUT2D eigenvalue weighted by atomic mass is 10.1. The van der Waals surface area contributed by atoms with E-state index in [1.54, 1.807) is 0 Å². The molecule has 11 heteroatoms. The van der Waals surface area contributed by atoms with Crippen molar-refractivity contribution in [2.75, 3.05) is 6.54 Å². The lowest BCUT2D eigenvalue weighted by Gasteiger charge is -2.12. The molecule has 0 aromatic heterocycles. The minimum Gasteiger partial charge on any atom is -0.457 e. The molecule has 0 heterocycles. The summed E-state index contributed by atoms with van der Waals surface area (Å²) in [5.41, 5.74) is -1.85. The Morgan fingerprint density at radius 3 is 2.36 bits per heavy atom. The van der Waals surface area contributed by atoms with Gasteiger partial charge in [0.15, 0.2) is 0 Å². The van der Waals surface area contributed by atoms with Crippen LogP contribution in [-0.2, 0) is 6.18 Å². The van der Waals surface area contributed by atoms with Crippen LogP contribution >= 0.6 is 23.2 Å². The van der Waals surface area contributed by atoms with Crippen molar-refractivity contribution in [3.63, 3.8) is 0 Å². The standard InChI is InChI=1S/C17H11Cl2F3N2O4/c1-9(18)8-23-16(25)12-6-10(3-5-15(12)24(26)27)28-11-2-4-13(14(19)7-11)17(20,21)22/h2-7H,1,8H2,(H,23,25). The Morgan fingerprint density at radius 1 is 1.21 bits per heavy atom. The SMILES string of the molecule is C=C(Cl)CNC(=O)c1cc(Oc2ccc(C(F)(F)F)c(Cl)c2)ccc1[N+](=O)[O-]. The van der Waals surface area contributed by atoms with Crippen molar-refractivity contribution in [3.05, 3.63) is 74.3 Å². The first-order chi connectivity index (χ1) is 13.0. The van der Waals surface area contributed by atoms with Crippen molar-refractivity contribution in [1.82, 2.24) is 5.32 Å². The summed E-state index contributed by atoms with van der Waals surface area (Å²) >= 11 is 11.2. The first-order valence-electron chi connectivity index (χ1n) is 7.43. The van der Waals surface area contributed by atoms with Crippen LogP contribution in [0.15, 0.2) is 48.0 Å². The second-order valence-corrected chi connectivity index (χ2v) is 6.32. The summed E-state index contributed by atoms with van der Waals surface area (Å²) in [5, 5.41) is 13.0. The van der Waals surface area contributed by atoms with Crippen LogP contribution in [0.2, 0.25) is 5.02 Å². The summed E-state index contributed by atoms with van der Waals surface area (Å²) in [6, 6.07) is 6.03. The second-order valence-electron chi connectivity index (χ2n) is 5.38. The van der Waals surface area contributed by atoms with Gasteiger partial charge in [0, 0.05) is 23.2 Å². The second kappa shape index (κ2) is 8.49. The molecule has 0 radical (unpaired) electrons. The molecule has 0 saturated heterocycles. The van der Waals surface area contributed by atoms with Crippen LogP contribution in [0.4, 0.5) is 18.9 Å². The van der Waals surface area contributed by atoms with E-state index in [9.17, 15) is 28.1 Å². The molecule has 1 N–H and O–H groups in total. The quantitative estimate of drug-likeness (QED) is 0.477. The summed E-state index contributed by atoms with van der Waals surface area (Å²) in [5.74, 6) is -0.868. The van der Waals surface area contributed by atoms with Crippen LogP contribution in [0.5, 0.6) is 11.5 Å². The Bertz CT molecular complexity index is 948. The molecular weight excluding hydrogens is 424 g/mol. The highest BCUT2D eigenvalue weighted by atomic mass is 35.5. The first kappa shape index (κ1) is 21.5. The summed E-state index contributed by atoms with van der Waals surface area (Å²) in [6.45, 7) is 3.27. The van der Waals surface area contributed by atoms with Crippen molar-refractivity contribution in [2.24, 2.45) is 0 Å². The molecule has 0 bridgehead atoms. The molecule has 148 valence electrons. The smallest absolute Gasteiger partial charge is 0.417 e. The lowest BCUT2D eigenvalue weighted by Crippen LogP contribution is -2.25. The first-order valence-corrected chi connectivity index (χ1v) is 8.19. The summed E-state index contributed by atoms with van der Waals surface area (Å²) < 4.78 is 43.6. The number of nitrogens with one attached hydrogen (secondary N) is 1. The van der Waals surface area contributed by atoms with Gasteiger partial charge in [0.1, 0.15) is 17.1 Å². The average molecular weight is 435 g/mol. The highest BCUT2D eigenvalue weighted by Crippen LogP contribution is 2.37. The van der Waals surface area contributed by atoms with Gasteiger partial charge < -0.3 is 10.1 Å². The van der Waals surface area contributed by atoms with E-state index in [0.29, 0.717) is 0 Å². The topological polar surface area (TPSA) is 81.5 Å². The monoisotopic (exact) mass is 434 g/mol. The number of nitro groups is 1. The molecule has 0 aliphatic carbocycles. The van der Waals surface area contributed by atoms with E-state index in [2.05, 4.69) is 11.9 Å². The number of nitro benzene ring substituents is 1. The van der Waals surface area contributed by atoms with Gasteiger partial charge >= 0.3 is 6.18 Å².